The molecule has 0 saturated heterocycles. The molecular formula is C21H43NO2. The fourth-order valence-electron chi connectivity index (χ4n) is 3.30. The van der Waals surface area contributed by atoms with Crippen LogP contribution in [0.3, 0.4) is 0 Å². The molecular weight excluding hydrogens is 298 g/mol. The summed E-state index contributed by atoms with van der Waals surface area (Å²) in [5.74, 6) is -0.0498. The molecule has 0 rings (SSSR count). The van der Waals surface area contributed by atoms with Crippen molar-refractivity contribution in [3.05, 3.63) is 0 Å². The van der Waals surface area contributed by atoms with Crippen LogP contribution in [0.2, 0.25) is 0 Å². The maximum Gasteiger partial charge on any atom is 0.217 e. The summed E-state index contributed by atoms with van der Waals surface area (Å²) in [4.78, 5) is 11.1. The summed E-state index contributed by atoms with van der Waals surface area (Å²) >= 11 is 0. The van der Waals surface area contributed by atoms with Crippen molar-refractivity contribution in [3.63, 3.8) is 0 Å². The fourth-order valence-corrected chi connectivity index (χ4v) is 3.30. The zero-order valence-corrected chi connectivity index (χ0v) is 16.6. The van der Waals surface area contributed by atoms with Crippen molar-refractivity contribution in [3.8, 4) is 0 Å². The van der Waals surface area contributed by atoms with Crippen LogP contribution in [0.4, 0.5) is 0 Å². The number of carbonyl (C=O) groups excluding carboxylic acids is 1. The number of unbranched alkanes of at least 4 members (excludes halogenated alkanes) is 12. The van der Waals surface area contributed by atoms with Crippen molar-refractivity contribution in [1.82, 2.24) is 5.32 Å². The first kappa shape index (κ1) is 23.4. The van der Waals surface area contributed by atoms with E-state index >= 15 is 0 Å². The van der Waals surface area contributed by atoms with Gasteiger partial charge < -0.3 is 10.4 Å². The third-order valence-electron chi connectivity index (χ3n) is 4.90. The largest absolute Gasteiger partial charge is 0.391 e. The Labute approximate surface area is 151 Å². The summed E-state index contributed by atoms with van der Waals surface area (Å²) in [6, 6.07) is -0.0835. The van der Waals surface area contributed by atoms with E-state index in [9.17, 15) is 9.90 Å². The smallest absolute Gasteiger partial charge is 0.217 e. The van der Waals surface area contributed by atoms with Crippen LogP contribution in [0, 0.1) is 0 Å². The van der Waals surface area contributed by atoms with Gasteiger partial charge in [-0.15, -0.1) is 0 Å². The van der Waals surface area contributed by atoms with Gasteiger partial charge in [-0.2, -0.15) is 0 Å². The van der Waals surface area contributed by atoms with E-state index in [1.54, 1.807) is 0 Å². The lowest BCUT2D eigenvalue weighted by atomic mass is 10.0. The minimum absolute atomic E-state index is 0.0498. The topological polar surface area (TPSA) is 49.3 Å². The molecule has 1 amide bonds. The predicted octanol–water partition coefficient (Wildman–Crippen LogP) is 5.74. The third kappa shape index (κ3) is 15.0. The molecule has 0 heterocycles. The van der Waals surface area contributed by atoms with Gasteiger partial charge in [-0.25, -0.2) is 0 Å². The van der Waals surface area contributed by atoms with E-state index in [-0.39, 0.29) is 11.9 Å². The highest BCUT2D eigenvalue weighted by atomic mass is 16.3. The lowest BCUT2D eigenvalue weighted by Gasteiger charge is -2.22. The molecule has 24 heavy (non-hydrogen) atoms. The van der Waals surface area contributed by atoms with Crippen LogP contribution in [0.5, 0.6) is 0 Å². The molecule has 144 valence electrons. The standard InChI is InChI=1S/C21H43NO2/c1-4-6-7-8-9-10-11-12-13-14-15-16-17-18-21(24)20(5-2)22-19(3)23/h20-21,24H,4-18H2,1-3H3,(H,22,23)/t20-,21+/m0/s1. The minimum Gasteiger partial charge on any atom is -0.391 e. The molecule has 0 saturated carbocycles. The van der Waals surface area contributed by atoms with E-state index in [1.165, 1.54) is 84.0 Å². The molecule has 3 heteroatoms. The number of amides is 1. The third-order valence-corrected chi connectivity index (χ3v) is 4.90. The molecule has 0 aromatic carbocycles. The first-order valence-corrected chi connectivity index (χ1v) is 10.6. The lowest BCUT2D eigenvalue weighted by molar-refractivity contribution is -0.120. The Balaban J connectivity index is 3.34. The highest BCUT2D eigenvalue weighted by molar-refractivity contribution is 5.73. The molecule has 0 aliphatic rings. The van der Waals surface area contributed by atoms with Gasteiger partial charge in [0.05, 0.1) is 12.1 Å². The number of rotatable bonds is 17. The summed E-state index contributed by atoms with van der Waals surface area (Å²) in [5.41, 5.74) is 0. The Morgan fingerprint density at radius 3 is 1.58 bits per heavy atom. The van der Waals surface area contributed by atoms with Crippen LogP contribution in [0.25, 0.3) is 0 Å². The summed E-state index contributed by atoms with van der Waals surface area (Å²) in [6.45, 7) is 5.79. The predicted molar refractivity (Wildman–Crippen MR) is 104 cm³/mol. The van der Waals surface area contributed by atoms with Crippen molar-refractivity contribution in [2.75, 3.05) is 0 Å². The van der Waals surface area contributed by atoms with E-state index in [4.69, 9.17) is 0 Å². The molecule has 0 bridgehead atoms. The number of aliphatic hydroxyl groups is 1. The van der Waals surface area contributed by atoms with Gasteiger partial charge in [0.2, 0.25) is 5.91 Å². The summed E-state index contributed by atoms with van der Waals surface area (Å²) in [5, 5.41) is 13.0. The average Bonchev–Trinajstić information content (AvgIpc) is 2.56. The molecule has 0 radical (unpaired) electrons. The number of hydrogen-bond acceptors (Lipinski definition) is 2. The van der Waals surface area contributed by atoms with Crippen LogP contribution in [-0.4, -0.2) is 23.2 Å². The van der Waals surface area contributed by atoms with Gasteiger partial charge >= 0.3 is 0 Å². The van der Waals surface area contributed by atoms with Gasteiger partial charge in [-0.3, -0.25) is 4.79 Å². The Morgan fingerprint density at radius 1 is 0.792 bits per heavy atom. The molecule has 2 N–H and O–H groups in total. The maximum atomic E-state index is 11.1. The Morgan fingerprint density at radius 2 is 1.21 bits per heavy atom. The Hall–Kier alpha value is -0.570. The van der Waals surface area contributed by atoms with Crippen LogP contribution >= 0.6 is 0 Å². The Kier molecular flexibility index (Phi) is 16.8. The molecule has 3 nitrogen and oxygen atoms in total. The van der Waals surface area contributed by atoms with Crippen LogP contribution < -0.4 is 5.32 Å². The van der Waals surface area contributed by atoms with E-state index in [0.717, 1.165) is 19.3 Å². The zero-order chi connectivity index (χ0) is 18.0. The van der Waals surface area contributed by atoms with Crippen molar-refractivity contribution in [2.24, 2.45) is 0 Å². The van der Waals surface area contributed by atoms with Crippen LogP contribution in [0.1, 0.15) is 117 Å². The monoisotopic (exact) mass is 341 g/mol. The van der Waals surface area contributed by atoms with Gasteiger partial charge in [0, 0.05) is 6.92 Å². The van der Waals surface area contributed by atoms with E-state index < -0.39 is 6.10 Å². The average molecular weight is 342 g/mol. The van der Waals surface area contributed by atoms with Crippen molar-refractivity contribution < 1.29 is 9.90 Å². The summed E-state index contributed by atoms with van der Waals surface area (Å²) < 4.78 is 0. The van der Waals surface area contributed by atoms with Gasteiger partial charge in [0.1, 0.15) is 0 Å². The zero-order valence-electron chi connectivity index (χ0n) is 16.6. The molecule has 0 fully saturated rings. The second-order valence-electron chi connectivity index (χ2n) is 7.31. The first-order chi connectivity index (χ1) is 11.6. The van der Waals surface area contributed by atoms with E-state index in [1.807, 2.05) is 6.92 Å². The normalized spacial score (nSPS) is 13.7. The summed E-state index contributed by atoms with van der Waals surface area (Å²) in [6.07, 6.45) is 18.6. The highest BCUT2D eigenvalue weighted by Gasteiger charge is 2.17. The minimum atomic E-state index is -0.397. The first-order valence-electron chi connectivity index (χ1n) is 10.6. The molecule has 0 aliphatic heterocycles. The quantitative estimate of drug-likeness (QED) is 0.331. The van der Waals surface area contributed by atoms with Gasteiger partial charge in [-0.1, -0.05) is 97.3 Å². The van der Waals surface area contributed by atoms with Gasteiger partial charge in [0.25, 0.3) is 0 Å². The molecule has 0 aromatic heterocycles. The number of aliphatic hydroxyl groups excluding tert-OH is 1. The van der Waals surface area contributed by atoms with Gasteiger partial charge in [0.15, 0.2) is 0 Å². The van der Waals surface area contributed by atoms with Crippen LogP contribution in [-0.2, 0) is 4.79 Å². The van der Waals surface area contributed by atoms with E-state index in [0.29, 0.717) is 0 Å². The highest BCUT2D eigenvalue weighted by Crippen LogP contribution is 2.14. The number of carbonyl (C=O) groups is 1. The molecule has 0 unspecified atom stereocenters. The Bertz CT molecular complexity index is 281. The van der Waals surface area contributed by atoms with Gasteiger partial charge in [-0.05, 0) is 12.8 Å². The van der Waals surface area contributed by atoms with Crippen molar-refractivity contribution in [1.29, 1.82) is 0 Å². The number of hydrogen-bond donors (Lipinski definition) is 2. The SMILES string of the molecule is CCCCCCCCCCCCCCC[C@@H](O)[C@H](CC)NC(C)=O. The molecule has 0 aliphatic carbocycles. The van der Waals surface area contributed by atoms with Crippen LogP contribution in [0.15, 0.2) is 0 Å². The second kappa shape index (κ2) is 17.3. The fraction of sp³-hybridized carbons (Fsp3) is 0.952. The molecule has 0 spiro atoms. The second-order valence-corrected chi connectivity index (χ2v) is 7.31. The van der Waals surface area contributed by atoms with E-state index in [2.05, 4.69) is 12.2 Å². The van der Waals surface area contributed by atoms with Crippen molar-refractivity contribution >= 4 is 5.91 Å². The summed E-state index contributed by atoms with van der Waals surface area (Å²) in [7, 11) is 0. The van der Waals surface area contributed by atoms with Crippen molar-refractivity contribution in [2.45, 2.75) is 129 Å². The number of nitrogens with one attached hydrogen (secondary N) is 1. The molecule has 2 atom stereocenters. The molecule has 0 aromatic rings. The maximum absolute atomic E-state index is 11.1. The lowest BCUT2D eigenvalue weighted by Crippen LogP contribution is -2.41.